The average molecular weight is 925 g/mol. The average Bonchev–Trinajstić information content (AvgIpc) is 2.59. The van der Waals surface area contributed by atoms with E-state index >= 15 is 0 Å². The van der Waals surface area contributed by atoms with Crippen molar-refractivity contribution in [2.45, 2.75) is 6.42 Å². The van der Waals surface area contributed by atoms with Crippen LogP contribution in [-0.4, -0.2) is 15.1 Å². The van der Waals surface area contributed by atoms with Gasteiger partial charge in [0.25, 0.3) is 0 Å². The standard InChI is InChI=1S/C12H10N3.CH3.3U/c1-10(13)5-4-6-11-9-15-8-3-2-7-12(15)14-11;;;;/h2-3,5,7-9H,1,6H2;1H3;;;/q-3;-1;;2*+2. The van der Waals surface area contributed by atoms with Crippen molar-refractivity contribution < 1.29 is 93.3 Å². The van der Waals surface area contributed by atoms with E-state index in [0.29, 0.717) is 6.42 Å². The van der Waals surface area contributed by atoms with Gasteiger partial charge in [-0.2, -0.15) is 0 Å². The second-order valence-electron chi connectivity index (χ2n) is 3.21. The maximum atomic E-state index is 8.83. The van der Waals surface area contributed by atoms with E-state index in [1.54, 1.807) is 0 Å². The molecule has 0 bridgehead atoms. The van der Waals surface area contributed by atoms with Crippen molar-refractivity contribution in [3.63, 3.8) is 0 Å². The summed E-state index contributed by atoms with van der Waals surface area (Å²) in [4.78, 5) is 4.38. The number of imidazole rings is 1. The molecule has 0 fully saturated rings. The number of hydrogen-bond donors (Lipinski definition) is 0. The van der Waals surface area contributed by atoms with Crippen LogP contribution >= 0.6 is 0 Å². The fourth-order valence-corrected chi connectivity index (χ4v) is 1.35. The Morgan fingerprint density at radius 1 is 1.42 bits per heavy atom. The van der Waals surface area contributed by atoms with E-state index in [4.69, 9.17) is 5.41 Å². The molecule has 0 aliphatic heterocycles. The van der Waals surface area contributed by atoms with E-state index in [1.165, 1.54) is 6.08 Å². The molecule has 92 valence electrons. The van der Waals surface area contributed by atoms with Gasteiger partial charge < -0.3 is 42.0 Å². The van der Waals surface area contributed by atoms with E-state index in [9.17, 15) is 0 Å². The Hall–Kier alpha value is 1.13. The van der Waals surface area contributed by atoms with Crippen LogP contribution < -0.4 is 0 Å². The summed E-state index contributed by atoms with van der Waals surface area (Å²) in [5, 5.41) is 8.83. The third-order valence-electron chi connectivity index (χ3n) is 1.97. The Kier molecular flexibility index (Phi) is 17.0. The molecule has 0 radical (unpaired) electrons. The molecule has 2 aromatic heterocycles. The van der Waals surface area contributed by atoms with Gasteiger partial charge in [-0.15, -0.1) is 0 Å². The third kappa shape index (κ3) is 8.22. The maximum Gasteiger partial charge on any atom is 2.00 e. The van der Waals surface area contributed by atoms with Gasteiger partial charge >= 0.3 is 62.2 Å². The first-order valence-corrected chi connectivity index (χ1v) is 4.63. The number of rotatable bonds is 3. The molecule has 2 aromatic rings. The zero-order valence-electron chi connectivity index (χ0n) is 10.7. The first kappa shape index (κ1) is 25.1. The number of pyridine rings is 1. The fourth-order valence-electron chi connectivity index (χ4n) is 1.35. The van der Waals surface area contributed by atoms with Crippen molar-refractivity contribution in [3.8, 4) is 0 Å². The monoisotopic (exact) mass is 925 g/mol. The second kappa shape index (κ2) is 12.8. The molecule has 0 unspecified atom stereocenters. The quantitative estimate of drug-likeness (QED) is 0.345. The van der Waals surface area contributed by atoms with Crippen molar-refractivity contribution in [3.05, 3.63) is 68.2 Å². The molecule has 0 amide bonds. The molecule has 0 spiro atoms. The minimum atomic E-state index is 0. The van der Waals surface area contributed by atoms with Gasteiger partial charge in [0.05, 0.1) is 0 Å². The van der Waals surface area contributed by atoms with Gasteiger partial charge in [-0.3, -0.25) is 0 Å². The number of nitrogens with zero attached hydrogens (tertiary/aromatic N) is 3. The van der Waals surface area contributed by atoms with Gasteiger partial charge in [0.1, 0.15) is 5.65 Å². The summed E-state index contributed by atoms with van der Waals surface area (Å²) >= 11 is 0. The summed E-state index contributed by atoms with van der Waals surface area (Å²) in [6, 6.07) is 5.84. The van der Waals surface area contributed by atoms with Gasteiger partial charge in [-0.05, 0) is 12.1 Å². The van der Waals surface area contributed by atoms with E-state index in [1.807, 2.05) is 35.0 Å². The molecule has 0 saturated carbocycles. The molecule has 6 heteroatoms. The molecule has 2 rings (SSSR count). The summed E-state index contributed by atoms with van der Waals surface area (Å²) < 4.78 is 1.95. The number of allylic oxidation sites excluding steroid dienone is 2. The number of fused-ring (bicyclic) bond motifs is 1. The first-order valence-electron chi connectivity index (χ1n) is 4.63. The van der Waals surface area contributed by atoms with Crippen molar-refractivity contribution in [1.82, 2.24) is 9.38 Å². The van der Waals surface area contributed by atoms with Crippen LogP contribution in [0.2, 0.25) is 0 Å². The van der Waals surface area contributed by atoms with Crippen molar-refractivity contribution in [2.24, 2.45) is 0 Å². The van der Waals surface area contributed by atoms with Crippen LogP contribution in [0.4, 0.5) is 0 Å². The molecule has 0 aliphatic rings. The van der Waals surface area contributed by atoms with Crippen molar-refractivity contribution in [1.29, 1.82) is 0 Å². The fraction of sp³-hybridized carbons (Fsp3) is 0.0769. The van der Waals surface area contributed by atoms with E-state index in [-0.39, 0.29) is 106 Å². The van der Waals surface area contributed by atoms with Gasteiger partial charge in [-0.1, -0.05) is 12.5 Å². The Bertz CT molecular complexity index is 488. The molecule has 2 heterocycles. The van der Waals surface area contributed by atoms with Crippen LogP contribution in [0.3, 0.4) is 0 Å². The topological polar surface area (TPSA) is 39.6 Å². The van der Waals surface area contributed by atoms with Crippen LogP contribution in [-0.2, 0) is 6.42 Å². The Morgan fingerprint density at radius 2 is 2.11 bits per heavy atom. The summed E-state index contributed by atoms with van der Waals surface area (Å²) in [6.45, 7) is 3.34. The van der Waals surface area contributed by atoms with Crippen LogP contribution in [0.25, 0.3) is 11.1 Å². The summed E-state index contributed by atoms with van der Waals surface area (Å²) in [5.41, 5.74) is 1.84. The molecular weight excluding hydrogens is 912 g/mol. The van der Waals surface area contributed by atoms with Crippen LogP contribution in [0.15, 0.2) is 36.7 Å². The molecule has 0 aromatic carbocycles. The minimum Gasteiger partial charge on any atom is -0.936 e. The zero-order valence-corrected chi connectivity index (χ0v) is 23.2. The molecule has 19 heavy (non-hydrogen) atoms. The zero-order chi connectivity index (χ0) is 10.7. The molecule has 0 aliphatic carbocycles. The molecule has 3 nitrogen and oxygen atoms in total. The molecule has 0 atom stereocenters. The predicted molar refractivity (Wildman–Crippen MR) is 66.8 cm³/mol. The van der Waals surface area contributed by atoms with E-state index in [2.05, 4.69) is 18.0 Å². The first-order chi connectivity index (χ1) is 7.25. The minimum absolute atomic E-state index is 0. The molecule has 0 saturated heterocycles. The molecule has 0 N–H and O–H groups in total. The van der Waals surface area contributed by atoms with Crippen LogP contribution in [0.5, 0.6) is 0 Å². The normalized spacial score (nSPS) is 8.84. The van der Waals surface area contributed by atoms with Gasteiger partial charge in [0.2, 0.25) is 0 Å². The maximum absolute atomic E-state index is 8.83. The summed E-state index contributed by atoms with van der Waals surface area (Å²) in [6.07, 6.45) is 8.82. The van der Waals surface area contributed by atoms with E-state index < -0.39 is 0 Å². The Balaban J connectivity index is -0.000000640. The van der Waals surface area contributed by atoms with Gasteiger partial charge in [0, 0.05) is 49.2 Å². The van der Waals surface area contributed by atoms with Crippen molar-refractivity contribution in [2.75, 3.05) is 0 Å². The Labute approximate surface area is 186 Å². The second-order valence-corrected chi connectivity index (χ2v) is 3.21. The van der Waals surface area contributed by atoms with Gasteiger partial charge in [-0.25, -0.2) is 4.98 Å². The van der Waals surface area contributed by atoms with E-state index in [0.717, 1.165) is 11.3 Å². The smallest absolute Gasteiger partial charge is 0.936 e. The van der Waals surface area contributed by atoms with Crippen LogP contribution in [0.1, 0.15) is 5.69 Å². The summed E-state index contributed by atoms with van der Waals surface area (Å²) in [7, 11) is 0. The summed E-state index contributed by atoms with van der Waals surface area (Å²) in [5.74, 6) is 0. The Morgan fingerprint density at radius 3 is 2.68 bits per heavy atom. The van der Waals surface area contributed by atoms with Crippen LogP contribution in [0, 0.1) is 114 Å². The number of hydrogen-bond acceptors (Lipinski definition) is 1. The van der Waals surface area contributed by atoms with Crippen molar-refractivity contribution >= 4 is 11.4 Å². The van der Waals surface area contributed by atoms with Gasteiger partial charge in [0.15, 0.2) is 0 Å². The SMILES string of the molecule is [CH2-]C(=[N-])C=[C-]Cc1cn2ccccc2n1.[CH3-].[U+2].[U+2].[U]. The molecular formula is C13H13N3U3. The number of aromatic nitrogens is 2. The largest absolute Gasteiger partial charge is 2.00 e. The predicted octanol–water partition coefficient (Wildman–Crippen LogP) is 2.53. The third-order valence-corrected chi connectivity index (χ3v) is 1.97.